The van der Waals surface area contributed by atoms with Crippen LogP contribution in [-0.4, -0.2) is 28.5 Å². The van der Waals surface area contributed by atoms with Crippen molar-refractivity contribution < 1.29 is 27.5 Å². The van der Waals surface area contributed by atoms with Gasteiger partial charge in [0.05, 0.1) is 17.0 Å². The fraction of sp³-hybridized carbons (Fsp3) is 0.222. The largest absolute Gasteiger partial charge is 0.451 e. The van der Waals surface area contributed by atoms with E-state index in [1.165, 1.54) is 23.5 Å². The second-order valence-corrected chi connectivity index (χ2v) is 7.78. The summed E-state index contributed by atoms with van der Waals surface area (Å²) in [6.45, 7) is 2.87. The molecule has 1 aromatic carbocycles. The van der Waals surface area contributed by atoms with Crippen molar-refractivity contribution >= 4 is 39.7 Å². The number of esters is 1. The molecule has 2 aromatic heterocycles. The van der Waals surface area contributed by atoms with E-state index in [1.54, 1.807) is 19.2 Å². The van der Waals surface area contributed by atoms with Gasteiger partial charge in [0.25, 0.3) is 5.91 Å². The highest BCUT2D eigenvalue weighted by Gasteiger charge is 2.30. The highest BCUT2D eigenvalue weighted by Crippen LogP contribution is 2.33. The lowest BCUT2D eigenvalue weighted by Gasteiger charge is -2.06. The molecule has 0 fully saturated rings. The Balaban J connectivity index is 1.64. The number of aromatic nitrogens is 2. The Labute approximate surface area is 171 Å². The van der Waals surface area contributed by atoms with Gasteiger partial charge in [-0.1, -0.05) is 12.1 Å². The summed E-state index contributed by atoms with van der Waals surface area (Å²) in [7, 11) is 0. The Bertz CT molecular complexity index is 1040. The molecule has 0 aliphatic rings. The molecule has 3 aromatic rings. The minimum Gasteiger partial charge on any atom is -0.451 e. The number of aryl methyl sites for hydroxylation is 2. The predicted octanol–water partition coefficient (Wildman–Crippen LogP) is 4.70. The molecule has 152 valence electrons. The van der Waals surface area contributed by atoms with Crippen LogP contribution in [0, 0.1) is 13.8 Å². The highest BCUT2D eigenvalue weighted by molar-refractivity contribution is 7.17. The molecule has 0 saturated heterocycles. The molecule has 6 nitrogen and oxygen atoms in total. The molecule has 0 saturated carbocycles. The summed E-state index contributed by atoms with van der Waals surface area (Å²) >= 11 is 2.24. The standard InChI is InChI=1S/C18H14F3N3O3S2/c1-9-8-28-17(22-9)24-13(25)7-27-16(26)14-10(2)23-15(29-14)11-3-5-12(6-4-11)18(19,20)21/h3-6,8H,7H2,1-2H3,(H,22,24,25). The van der Waals surface area contributed by atoms with Crippen LogP contribution in [-0.2, 0) is 15.7 Å². The van der Waals surface area contributed by atoms with Gasteiger partial charge in [-0.2, -0.15) is 13.2 Å². The Kier molecular flexibility index (Phi) is 5.99. The number of hydrogen-bond acceptors (Lipinski definition) is 7. The zero-order chi connectivity index (χ0) is 21.2. The molecule has 0 unspecified atom stereocenters. The molecule has 1 amide bonds. The predicted molar refractivity (Wildman–Crippen MR) is 103 cm³/mol. The van der Waals surface area contributed by atoms with Gasteiger partial charge >= 0.3 is 12.1 Å². The van der Waals surface area contributed by atoms with Crippen molar-refractivity contribution in [1.82, 2.24) is 9.97 Å². The van der Waals surface area contributed by atoms with Crippen molar-refractivity contribution in [2.75, 3.05) is 11.9 Å². The number of hydrogen-bond donors (Lipinski definition) is 1. The Morgan fingerprint density at radius 1 is 1.14 bits per heavy atom. The van der Waals surface area contributed by atoms with E-state index in [-0.39, 0.29) is 4.88 Å². The first kappa shape index (κ1) is 20.9. The van der Waals surface area contributed by atoms with Crippen molar-refractivity contribution in [2.24, 2.45) is 0 Å². The van der Waals surface area contributed by atoms with Gasteiger partial charge in [0.15, 0.2) is 11.7 Å². The summed E-state index contributed by atoms with van der Waals surface area (Å²) in [5, 5.41) is 5.07. The number of thiazole rings is 2. The molecule has 29 heavy (non-hydrogen) atoms. The van der Waals surface area contributed by atoms with Gasteiger partial charge in [-0.05, 0) is 26.0 Å². The first-order chi connectivity index (χ1) is 13.6. The van der Waals surface area contributed by atoms with E-state index in [1.807, 2.05) is 0 Å². The average molecular weight is 441 g/mol. The molecule has 0 aliphatic carbocycles. The molecule has 0 atom stereocenters. The smallest absolute Gasteiger partial charge is 0.416 e. The first-order valence-electron chi connectivity index (χ1n) is 8.17. The molecule has 0 radical (unpaired) electrons. The minimum atomic E-state index is -4.43. The molecular formula is C18H14F3N3O3S2. The van der Waals surface area contributed by atoms with E-state index in [0.29, 0.717) is 21.4 Å². The average Bonchev–Trinajstić information content (AvgIpc) is 3.24. The second-order valence-electron chi connectivity index (χ2n) is 5.93. The summed E-state index contributed by atoms with van der Waals surface area (Å²) in [6.07, 6.45) is -4.43. The number of rotatable bonds is 5. The van der Waals surface area contributed by atoms with E-state index in [2.05, 4.69) is 15.3 Å². The summed E-state index contributed by atoms with van der Waals surface area (Å²) in [5.41, 5.74) is 0.807. The molecule has 3 rings (SSSR count). The van der Waals surface area contributed by atoms with Gasteiger partial charge in [0.2, 0.25) is 0 Å². The lowest BCUT2D eigenvalue weighted by Crippen LogP contribution is -2.20. The lowest BCUT2D eigenvalue weighted by atomic mass is 10.1. The third-order valence-corrected chi connectivity index (χ3v) is 5.70. The molecule has 0 aliphatic heterocycles. The summed E-state index contributed by atoms with van der Waals surface area (Å²) < 4.78 is 43.0. The first-order valence-corrected chi connectivity index (χ1v) is 9.87. The van der Waals surface area contributed by atoms with E-state index < -0.39 is 30.2 Å². The second kappa shape index (κ2) is 8.29. The number of amides is 1. The van der Waals surface area contributed by atoms with Crippen molar-refractivity contribution in [1.29, 1.82) is 0 Å². The third-order valence-electron chi connectivity index (χ3n) is 3.64. The molecular weight excluding hydrogens is 427 g/mol. The van der Waals surface area contributed by atoms with Crippen molar-refractivity contribution in [2.45, 2.75) is 20.0 Å². The lowest BCUT2D eigenvalue weighted by molar-refractivity contribution is -0.137. The van der Waals surface area contributed by atoms with Gasteiger partial charge in [-0.15, -0.1) is 22.7 Å². The van der Waals surface area contributed by atoms with Crippen LogP contribution in [0.5, 0.6) is 0 Å². The van der Waals surface area contributed by atoms with Crippen molar-refractivity contribution in [3.8, 4) is 10.6 Å². The number of carbonyl (C=O) groups excluding carboxylic acids is 2. The van der Waals surface area contributed by atoms with Crippen molar-refractivity contribution in [3.05, 3.63) is 51.5 Å². The normalized spacial score (nSPS) is 11.3. The third kappa shape index (κ3) is 5.18. The number of carbonyl (C=O) groups is 2. The van der Waals surface area contributed by atoms with Gasteiger partial charge in [0.1, 0.15) is 9.88 Å². The number of alkyl halides is 3. The van der Waals surface area contributed by atoms with E-state index in [9.17, 15) is 22.8 Å². The molecule has 1 N–H and O–H groups in total. The van der Waals surface area contributed by atoms with Crippen LogP contribution >= 0.6 is 22.7 Å². The van der Waals surface area contributed by atoms with Crippen LogP contribution in [0.15, 0.2) is 29.6 Å². The van der Waals surface area contributed by atoms with Gasteiger partial charge in [-0.3, -0.25) is 10.1 Å². The van der Waals surface area contributed by atoms with E-state index >= 15 is 0 Å². The number of halogens is 3. The number of ether oxygens (including phenoxy) is 1. The SMILES string of the molecule is Cc1csc(NC(=O)COC(=O)c2sc(-c3ccc(C(F)(F)F)cc3)nc2C)n1. The fourth-order valence-electron chi connectivity index (χ4n) is 2.27. The Hall–Kier alpha value is -2.79. The van der Waals surface area contributed by atoms with Crippen LogP contribution in [0.1, 0.15) is 26.6 Å². The fourth-order valence-corrected chi connectivity index (χ4v) is 3.94. The number of nitrogens with one attached hydrogen (secondary N) is 1. The maximum Gasteiger partial charge on any atom is 0.416 e. The van der Waals surface area contributed by atoms with E-state index in [0.717, 1.165) is 29.2 Å². The maximum atomic E-state index is 12.7. The number of nitrogens with zero attached hydrogens (tertiary/aromatic N) is 2. The minimum absolute atomic E-state index is 0.179. The van der Waals surface area contributed by atoms with Crippen LogP contribution in [0.2, 0.25) is 0 Å². The quantitative estimate of drug-likeness (QED) is 0.581. The summed E-state index contributed by atoms with van der Waals surface area (Å²) in [6, 6.07) is 4.49. The zero-order valence-electron chi connectivity index (χ0n) is 15.2. The van der Waals surface area contributed by atoms with Crippen LogP contribution < -0.4 is 5.32 Å². The topological polar surface area (TPSA) is 81.2 Å². The number of anilines is 1. The molecule has 11 heteroatoms. The molecule has 0 spiro atoms. The maximum absolute atomic E-state index is 12.7. The molecule has 2 heterocycles. The summed E-state index contributed by atoms with van der Waals surface area (Å²) in [4.78, 5) is 32.6. The van der Waals surface area contributed by atoms with Gasteiger partial charge < -0.3 is 4.74 Å². The Morgan fingerprint density at radius 2 is 1.83 bits per heavy atom. The number of benzene rings is 1. The Morgan fingerprint density at radius 3 is 2.41 bits per heavy atom. The van der Waals surface area contributed by atoms with Crippen LogP contribution in [0.4, 0.5) is 18.3 Å². The zero-order valence-corrected chi connectivity index (χ0v) is 16.8. The highest BCUT2D eigenvalue weighted by atomic mass is 32.1. The summed E-state index contributed by atoms with van der Waals surface area (Å²) in [5.74, 6) is -1.26. The van der Waals surface area contributed by atoms with Crippen LogP contribution in [0.3, 0.4) is 0 Å². The van der Waals surface area contributed by atoms with Crippen molar-refractivity contribution in [3.63, 3.8) is 0 Å². The van der Waals surface area contributed by atoms with Crippen LogP contribution in [0.25, 0.3) is 10.6 Å². The van der Waals surface area contributed by atoms with Gasteiger partial charge in [-0.25, -0.2) is 14.8 Å². The monoisotopic (exact) mass is 441 g/mol. The van der Waals surface area contributed by atoms with E-state index in [4.69, 9.17) is 4.74 Å². The molecule has 0 bridgehead atoms. The van der Waals surface area contributed by atoms with Gasteiger partial charge in [0, 0.05) is 10.9 Å².